The highest BCUT2D eigenvalue weighted by molar-refractivity contribution is 7.99. The van der Waals surface area contributed by atoms with Crippen LogP contribution in [0.15, 0.2) is 18.2 Å². The number of aldehydes is 1. The molecule has 8 nitrogen and oxygen atoms in total. The van der Waals surface area contributed by atoms with E-state index in [-0.39, 0.29) is 24.0 Å². The molecule has 0 aliphatic carbocycles. The highest BCUT2D eigenvalue weighted by atomic mass is 32.2. The third kappa shape index (κ3) is 4.67. The number of imide groups is 1. The number of carbonyl (C=O) groups excluding carboxylic acids is 4. The third-order valence-corrected chi connectivity index (χ3v) is 5.21. The second kappa shape index (κ2) is 10.1. The molecule has 0 spiro atoms. The largest absolute Gasteiger partial charge is 0.384 e. The molecule has 0 aromatic heterocycles. The Balaban J connectivity index is 2.23. The standard InChI is InChI=1S/C18H24N4O4S/c1-20-16(24)14(6-3-9-23)22-17(25)12-4-2-5-13(15(12)18(22)26)21-8-11-27-10-7-19/h2,4-5,9,14,21H,3,6-8,10-11,19H2,1H3,(H,20,24). The van der Waals surface area contributed by atoms with Crippen molar-refractivity contribution in [1.29, 1.82) is 0 Å². The van der Waals surface area contributed by atoms with Crippen molar-refractivity contribution in [1.82, 2.24) is 10.2 Å². The van der Waals surface area contributed by atoms with E-state index in [1.54, 1.807) is 30.0 Å². The van der Waals surface area contributed by atoms with E-state index >= 15 is 0 Å². The fourth-order valence-electron chi connectivity index (χ4n) is 2.95. The lowest BCUT2D eigenvalue weighted by Crippen LogP contribution is -2.48. The van der Waals surface area contributed by atoms with Gasteiger partial charge in [0.05, 0.1) is 11.1 Å². The van der Waals surface area contributed by atoms with Crippen LogP contribution in [0.1, 0.15) is 33.6 Å². The summed E-state index contributed by atoms with van der Waals surface area (Å²) in [6.45, 7) is 1.22. The smallest absolute Gasteiger partial charge is 0.264 e. The van der Waals surface area contributed by atoms with Gasteiger partial charge in [-0.25, -0.2) is 0 Å². The number of likely N-dealkylation sites (N-methyl/N-ethyl adjacent to an activating group) is 1. The molecule has 0 bridgehead atoms. The Kier molecular flexibility index (Phi) is 7.81. The number of nitrogens with two attached hydrogens (primary N) is 1. The number of nitrogens with zero attached hydrogens (tertiary/aromatic N) is 1. The van der Waals surface area contributed by atoms with Gasteiger partial charge in [-0.15, -0.1) is 0 Å². The van der Waals surface area contributed by atoms with Crippen LogP contribution in [-0.4, -0.2) is 66.6 Å². The summed E-state index contributed by atoms with van der Waals surface area (Å²) in [5.74, 6) is 0.152. The van der Waals surface area contributed by atoms with E-state index in [0.29, 0.717) is 25.1 Å². The van der Waals surface area contributed by atoms with Gasteiger partial charge in [-0.05, 0) is 18.6 Å². The average Bonchev–Trinajstić information content (AvgIpc) is 2.93. The predicted octanol–water partition coefficient (Wildman–Crippen LogP) is 0.480. The maximum absolute atomic E-state index is 13.0. The van der Waals surface area contributed by atoms with Crippen LogP contribution in [0.4, 0.5) is 5.69 Å². The summed E-state index contributed by atoms with van der Waals surface area (Å²) in [7, 11) is 1.43. The summed E-state index contributed by atoms with van der Waals surface area (Å²) in [4.78, 5) is 49.6. The number of carbonyl (C=O) groups is 4. The van der Waals surface area contributed by atoms with E-state index in [1.165, 1.54) is 7.05 Å². The summed E-state index contributed by atoms with van der Waals surface area (Å²) in [5.41, 5.74) is 6.56. The zero-order valence-electron chi connectivity index (χ0n) is 15.2. The van der Waals surface area contributed by atoms with Crippen molar-refractivity contribution >= 4 is 41.5 Å². The van der Waals surface area contributed by atoms with E-state index in [2.05, 4.69) is 10.6 Å². The van der Waals surface area contributed by atoms with Gasteiger partial charge in [0, 0.05) is 43.8 Å². The van der Waals surface area contributed by atoms with E-state index in [9.17, 15) is 19.2 Å². The van der Waals surface area contributed by atoms with Gasteiger partial charge in [0.2, 0.25) is 5.91 Å². The molecule has 1 unspecified atom stereocenters. The van der Waals surface area contributed by atoms with E-state index in [0.717, 1.165) is 16.4 Å². The van der Waals surface area contributed by atoms with Crippen LogP contribution < -0.4 is 16.4 Å². The quantitative estimate of drug-likeness (QED) is 0.284. The minimum atomic E-state index is -1.01. The highest BCUT2D eigenvalue weighted by Crippen LogP contribution is 2.31. The number of rotatable bonds is 11. The van der Waals surface area contributed by atoms with Gasteiger partial charge in [-0.2, -0.15) is 11.8 Å². The SMILES string of the molecule is CNC(=O)C(CCC=O)N1C(=O)c2cccc(NCCSCCN)c2C1=O. The number of benzene rings is 1. The van der Waals surface area contributed by atoms with Crippen LogP contribution in [-0.2, 0) is 9.59 Å². The predicted molar refractivity (Wildman–Crippen MR) is 105 cm³/mol. The maximum Gasteiger partial charge on any atom is 0.264 e. The Bertz CT molecular complexity index is 725. The Morgan fingerprint density at radius 1 is 1.30 bits per heavy atom. The van der Waals surface area contributed by atoms with Crippen molar-refractivity contribution in [2.45, 2.75) is 18.9 Å². The number of thioether (sulfide) groups is 1. The normalized spacial score (nSPS) is 14.1. The van der Waals surface area contributed by atoms with Crippen LogP contribution in [0.25, 0.3) is 0 Å². The second-order valence-electron chi connectivity index (χ2n) is 5.91. The Labute approximate surface area is 162 Å². The molecule has 2 rings (SSSR count). The maximum atomic E-state index is 13.0. The van der Waals surface area contributed by atoms with Crippen LogP contribution in [0.3, 0.4) is 0 Å². The molecule has 1 heterocycles. The van der Waals surface area contributed by atoms with Gasteiger partial charge in [-0.3, -0.25) is 19.3 Å². The molecule has 146 valence electrons. The first-order valence-electron chi connectivity index (χ1n) is 8.74. The number of nitrogens with one attached hydrogen (secondary N) is 2. The topological polar surface area (TPSA) is 122 Å². The van der Waals surface area contributed by atoms with Gasteiger partial charge in [-0.1, -0.05) is 6.07 Å². The number of anilines is 1. The third-order valence-electron chi connectivity index (χ3n) is 4.19. The summed E-state index contributed by atoms with van der Waals surface area (Å²) in [6.07, 6.45) is 0.836. The lowest BCUT2D eigenvalue weighted by atomic mass is 10.1. The van der Waals surface area contributed by atoms with Crippen molar-refractivity contribution in [2.24, 2.45) is 5.73 Å². The Hall–Kier alpha value is -2.39. The summed E-state index contributed by atoms with van der Waals surface area (Å²) >= 11 is 1.69. The second-order valence-corrected chi connectivity index (χ2v) is 7.14. The van der Waals surface area contributed by atoms with Crippen molar-refractivity contribution in [3.8, 4) is 0 Å². The zero-order chi connectivity index (χ0) is 19.8. The number of fused-ring (bicyclic) bond motifs is 1. The lowest BCUT2D eigenvalue weighted by molar-refractivity contribution is -0.124. The molecule has 9 heteroatoms. The first kappa shape index (κ1) is 20.9. The monoisotopic (exact) mass is 392 g/mol. The molecule has 1 aliphatic rings. The Morgan fingerprint density at radius 3 is 2.74 bits per heavy atom. The fraction of sp³-hybridized carbons (Fsp3) is 0.444. The summed E-state index contributed by atoms with van der Waals surface area (Å²) < 4.78 is 0. The van der Waals surface area contributed by atoms with Crippen LogP contribution in [0.5, 0.6) is 0 Å². The first-order valence-corrected chi connectivity index (χ1v) is 9.90. The zero-order valence-corrected chi connectivity index (χ0v) is 16.0. The molecule has 1 aliphatic heterocycles. The highest BCUT2D eigenvalue weighted by Gasteiger charge is 2.43. The van der Waals surface area contributed by atoms with Crippen molar-refractivity contribution in [3.05, 3.63) is 29.3 Å². The van der Waals surface area contributed by atoms with Gasteiger partial charge in [0.25, 0.3) is 11.8 Å². The number of hydrogen-bond acceptors (Lipinski definition) is 7. The molecule has 4 N–H and O–H groups in total. The van der Waals surface area contributed by atoms with E-state index < -0.39 is 23.8 Å². The molecule has 1 atom stereocenters. The molecule has 0 radical (unpaired) electrons. The minimum Gasteiger partial charge on any atom is -0.384 e. The fourth-order valence-corrected chi connectivity index (χ4v) is 3.56. The van der Waals surface area contributed by atoms with Crippen LogP contribution >= 0.6 is 11.8 Å². The van der Waals surface area contributed by atoms with Gasteiger partial charge < -0.3 is 21.2 Å². The van der Waals surface area contributed by atoms with Crippen LogP contribution in [0.2, 0.25) is 0 Å². The molecule has 1 aromatic carbocycles. The number of hydrogen-bond donors (Lipinski definition) is 3. The molecular weight excluding hydrogens is 368 g/mol. The molecule has 1 aromatic rings. The van der Waals surface area contributed by atoms with E-state index in [1.807, 2.05) is 0 Å². The van der Waals surface area contributed by atoms with Gasteiger partial charge >= 0.3 is 0 Å². The van der Waals surface area contributed by atoms with Gasteiger partial charge in [0.15, 0.2) is 0 Å². The van der Waals surface area contributed by atoms with Crippen LogP contribution in [0, 0.1) is 0 Å². The minimum absolute atomic E-state index is 0.0783. The average molecular weight is 392 g/mol. The lowest BCUT2D eigenvalue weighted by Gasteiger charge is -2.24. The van der Waals surface area contributed by atoms with Gasteiger partial charge in [0.1, 0.15) is 12.3 Å². The summed E-state index contributed by atoms with van der Waals surface area (Å²) in [6, 6.07) is 4.00. The first-order chi connectivity index (χ1) is 13.1. The molecule has 0 saturated heterocycles. The Morgan fingerprint density at radius 2 is 2.07 bits per heavy atom. The van der Waals surface area contributed by atoms with E-state index in [4.69, 9.17) is 5.73 Å². The molecule has 3 amide bonds. The van der Waals surface area contributed by atoms with Crippen molar-refractivity contribution in [2.75, 3.05) is 37.0 Å². The summed E-state index contributed by atoms with van der Waals surface area (Å²) in [5, 5.41) is 5.64. The molecule has 27 heavy (non-hydrogen) atoms. The molecule has 0 fully saturated rings. The molecule has 0 saturated carbocycles. The van der Waals surface area contributed by atoms with Crippen molar-refractivity contribution < 1.29 is 19.2 Å². The number of amides is 3. The molecular formula is C18H24N4O4S. The van der Waals surface area contributed by atoms with Crippen molar-refractivity contribution in [3.63, 3.8) is 0 Å².